The summed E-state index contributed by atoms with van der Waals surface area (Å²) in [7, 11) is 1.95. The number of nitrogens with zero attached hydrogens (tertiary/aromatic N) is 2. The first-order chi connectivity index (χ1) is 10.5. The molecule has 0 saturated carbocycles. The highest BCUT2D eigenvalue weighted by Crippen LogP contribution is 2.22. The molecule has 2 aromatic heterocycles. The molecule has 112 valence electrons. The molecule has 3 rings (SSSR count). The Morgan fingerprint density at radius 3 is 2.86 bits per heavy atom. The van der Waals surface area contributed by atoms with Gasteiger partial charge >= 0.3 is 0 Å². The number of hydrogen-bond donors (Lipinski definition) is 0. The zero-order valence-corrected chi connectivity index (χ0v) is 14.3. The van der Waals surface area contributed by atoms with Crippen LogP contribution in [0.2, 0.25) is 0 Å². The van der Waals surface area contributed by atoms with E-state index in [9.17, 15) is 4.79 Å². The van der Waals surface area contributed by atoms with Crippen molar-refractivity contribution in [2.75, 3.05) is 0 Å². The van der Waals surface area contributed by atoms with E-state index in [0.717, 1.165) is 19.9 Å². The van der Waals surface area contributed by atoms with Crippen molar-refractivity contribution >= 4 is 44.9 Å². The summed E-state index contributed by atoms with van der Waals surface area (Å²) >= 11 is 3.15. The van der Waals surface area contributed by atoms with Crippen molar-refractivity contribution in [1.29, 1.82) is 0 Å². The summed E-state index contributed by atoms with van der Waals surface area (Å²) in [5.41, 5.74) is 3.57. The van der Waals surface area contributed by atoms with E-state index in [1.165, 1.54) is 17.2 Å². The fraction of sp³-hybridized carbons (Fsp3) is 0.176. The number of rotatable bonds is 2. The Kier molecular flexibility index (Phi) is 4.09. The van der Waals surface area contributed by atoms with Crippen LogP contribution in [0.3, 0.4) is 0 Å². The van der Waals surface area contributed by atoms with Crippen molar-refractivity contribution in [3.8, 4) is 0 Å². The van der Waals surface area contributed by atoms with Crippen LogP contribution in [-0.4, -0.2) is 10.5 Å². The molecule has 0 saturated heterocycles. The first-order valence-electron chi connectivity index (χ1n) is 6.91. The Bertz CT molecular complexity index is 928. The highest BCUT2D eigenvalue weighted by atomic mass is 32.1. The number of fused-ring (bicyclic) bond motifs is 1. The summed E-state index contributed by atoms with van der Waals surface area (Å²) in [6.07, 6.45) is 3.33. The zero-order valence-electron chi connectivity index (χ0n) is 12.7. The molecule has 0 atom stereocenters. The highest BCUT2D eigenvalue weighted by Gasteiger charge is 2.07. The summed E-state index contributed by atoms with van der Waals surface area (Å²) in [5, 5.41) is 1.98. The molecular weight excluding hydrogens is 312 g/mol. The van der Waals surface area contributed by atoms with Gasteiger partial charge in [0.15, 0.2) is 4.80 Å². The monoisotopic (exact) mass is 328 g/mol. The molecular formula is C17H16N2OS2. The Morgan fingerprint density at radius 1 is 1.32 bits per heavy atom. The van der Waals surface area contributed by atoms with Crippen LogP contribution in [0.1, 0.15) is 16.0 Å². The first kappa shape index (κ1) is 14.9. The summed E-state index contributed by atoms with van der Waals surface area (Å²) in [4.78, 5) is 18.0. The van der Waals surface area contributed by atoms with E-state index in [-0.39, 0.29) is 5.91 Å². The first-order valence-corrected chi connectivity index (χ1v) is 8.61. The maximum absolute atomic E-state index is 12.0. The third kappa shape index (κ3) is 2.96. The van der Waals surface area contributed by atoms with Gasteiger partial charge in [0.25, 0.3) is 5.91 Å². The normalized spacial score (nSPS) is 12.6. The lowest BCUT2D eigenvalue weighted by Crippen LogP contribution is -2.12. The minimum absolute atomic E-state index is 0.232. The molecule has 22 heavy (non-hydrogen) atoms. The zero-order chi connectivity index (χ0) is 15.7. The number of aryl methyl sites for hydroxylation is 3. The Hall–Kier alpha value is -1.98. The lowest BCUT2D eigenvalue weighted by Gasteiger charge is -2.01. The molecule has 3 aromatic rings. The molecule has 1 amide bonds. The van der Waals surface area contributed by atoms with E-state index < -0.39 is 0 Å². The maximum Gasteiger partial charge on any atom is 0.272 e. The second-order valence-corrected chi connectivity index (χ2v) is 7.16. The molecule has 3 nitrogen and oxygen atoms in total. The predicted octanol–water partition coefficient (Wildman–Crippen LogP) is 4.06. The lowest BCUT2D eigenvalue weighted by atomic mass is 10.1. The van der Waals surface area contributed by atoms with E-state index in [2.05, 4.69) is 31.0 Å². The number of thiophene rings is 1. The smallest absolute Gasteiger partial charge is 0.272 e. The van der Waals surface area contributed by atoms with Crippen molar-refractivity contribution in [3.63, 3.8) is 0 Å². The topological polar surface area (TPSA) is 34.4 Å². The third-order valence-corrected chi connectivity index (χ3v) is 5.29. The standard InChI is InChI=1S/C17H16N2OS2/c1-11-9-12(2)16-14(10-11)22-17(19(16)3)18-15(20)7-6-13-5-4-8-21-13/h4-10H,1-3H3/b7-6+,18-17?. The minimum atomic E-state index is -0.232. The van der Waals surface area contributed by atoms with Crippen LogP contribution in [-0.2, 0) is 11.8 Å². The predicted molar refractivity (Wildman–Crippen MR) is 94.2 cm³/mol. The van der Waals surface area contributed by atoms with Crippen molar-refractivity contribution in [1.82, 2.24) is 4.57 Å². The van der Waals surface area contributed by atoms with Crippen molar-refractivity contribution in [3.05, 3.63) is 56.5 Å². The van der Waals surface area contributed by atoms with Gasteiger partial charge in [-0.3, -0.25) is 4.79 Å². The number of hydrogen-bond acceptors (Lipinski definition) is 3. The second kappa shape index (κ2) is 6.02. The third-order valence-electron chi connectivity index (χ3n) is 3.37. The van der Waals surface area contributed by atoms with Crippen LogP contribution in [0.15, 0.2) is 40.7 Å². The van der Waals surface area contributed by atoms with Gasteiger partial charge < -0.3 is 4.57 Å². The molecule has 0 N–H and O–H groups in total. The number of benzene rings is 1. The molecule has 0 unspecified atom stereocenters. The lowest BCUT2D eigenvalue weighted by molar-refractivity contribution is -0.113. The Labute approximate surface area is 136 Å². The van der Waals surface area contributed by atoms with E-state index in [0.29, 0.717) is 0 Å². The van der Waals surface area contributed by atoms with Gasteiger partial charge in [0.1, 0.15) is 0 Å². The molecule has 0 bridgehead atoms. The second-order valence-electron chi connectivity index (χ2n) is 5.17. The quantitative estimate of drug-likeness (QED) is 0.653. The highest BCUT2D eigenvalue weighted by molar-refractivity contribution is 7.16. The largest absolute Gasteiger partial charge is 0.319 e. The van der Waals surface area contributed by atoms with Gasteiger partial charge in [0.05, 0.1) is 10.2 Å². The van der Waals surface area contributed by atoms with E-state index >= 15 is 0 Å². The molecule has 0 spiro atoms. The minimum Gasteiger partial charge on any atom is -0.319 e. The van der Waals surface area contributed by atoms with E-state index in [1.807, 2.05) is 29.1 Å². The molecule has 0 aliphatic heterocycles. The average Bonchev–Trinajstić information content (AvgIpc) is 3.05. The van der Waals surface area contributed by atoms with Crippen LogP contribution < -0.4 is 4.80 Å². The van der Waals surface area contributed by atoms with Crippen LogP contribution in [0.25, 0.3) is 16.3 Å². The van der Waals surface area contributed by atoms with Crippen LogP contribution >= 0.6 is 22.7 Å². The average molecular weight is 328 g/mol. The fourth-order valence-electron chi connectivity index (χ4n) is 2.46. The van der Waals surface area contributed by atoms with Crippen molar-refractivity contribution in [2.24, 2.45) is 12.0 Å². The number of aromatic nitrogens is 1. The van der Waals surface area contributed by atoms with Gasteiger partial charge in [0, 0.05) is 18.0 Å². The fourth-order valence-corrected chi connectivity index (χ4v) is 4.28. The Morgan fingerprint density at radius 2 is 2.14 bits per heavy atom. The van der Waals surface area contributed by atoms with Gasteiger partial charge in [0.2, 0.25) is 0 Å². The SMILES string of the molecule is Cc1cc(C)c2c(c1)sc(=NC(=O)/C=C/c1cccs1)n2C. The van der Waals surface area contributed by atoms with Crippen LogP contribution in [0.4, 0.5) is 0 Å². The van der Waals surface area contributed by atoms with Crippen molar-refractivity contribution < 1.29 is 4.79 Å². The molecule has 2 heterocycles. The summed E-state index contributed by atoms with van der Waals surface area (Å²) in [6.45, 7) is 4.17. The van der Waals surface area contributed by atoms with E-state index in [1.54, 1.807) is 28.7 Å². The number of amides is 1. The van der Waals surface area contributed by atoms with Gasteiger partial charge in [-0.15, -0.1) is 11.3 Å². The van der Waals surface area contributed by atoms with Gasteiger partial charge in [-0.25, -0.2) is 0 Å². The number of carbonyl (C=O) groups is 1. The molecule has 1 aromatic carbocycles. The van der Waals surface area contributed by atoms with Gasteiger partial charge in [-0.2, -0.15) is 4.99 Å². The molecule has 0 fully saturated rings. The van der Waals surface area contributed by atoms with Crippen LogP contribution in [0, 0.1) is 13.8 Å². The summed E-state index contributed by atoms with van der Waals surface area (Å²) < 4.78 is 3.15. The maximum atomic E-state index is 12.0. The summed E-state index contributed by atoms with van der Waals surface area (Å²) in [6, 6.07) is 8.22. The molecule has 0 aliphatic rings. The van der Waals surface area contributed by atoms with Crippen LogP contribution in [0.5, 0.6) is 0 Å². The van der Waals surface area contributed by atoms with E-state index in [4.69, 9.17) is 0 Å². The Balaban J connectivity index is 2.01. The number of thiazole rings is 1. The van der Waals surface area contributed by atoms with Gasteiger partial charge in [-0.05, 0) is 48.6 Å². The number of carbonyl (C=O) groups excluding carboxylic acids is 1. The molecule has 0 radical (unpaired) electrons. The van der Waals surface area contributed by atoms with Crippen molar-refractivity contribution in [2.45, 2.75) is 13.8 Å². The molecule has 5 heteroatoms. The summed E-state index contributed by atoms with van der Waals surface area (Å²) in [5.74, 6) is -0.232. The van der Waals surface area contributed by atoms with Gasteiger partial charge in [-0.1, -0.05) is 23.5 Å². The molecule has 0 aliphatic carbocycles.